The van der Waals surface area contributed by atoms with E-state index in [1.807, 2.05) is 54.7 Å². The predicted octanol–water partition coefficient (Wildman–Crippen LogP) is 4.76. The Labute approximate surface area is 187 Å². The van der Waals surface area contributed by atoms with Gasteiger partial charge < -0.3 is 24.5 Å². The molecule has 0 saturated carbocycles. The van der Waals surface area contributed by atoms with Crippen molar-refractivity contribution >= 4 is 16.8 Å². The standard InChI is InChI=1S/C26H26N2O4/c1-30-23-13-7-5-10-19(23)26(29)28-16-21(18-11-8-14-24(31-2)25(18)32-3)20-15-27-22-12-6-4-9-17(20)22/h4-15,21,27H,16H2,1-3H3,(H,28,29). The maximum absolute atomic E-state index is 13.0. The zero-order valence-corrected chi connectivity index (χ0v) is 18.3. The molecule has 2 N–H and O–H groups in total. The number of hydrogen-bond acceptors (Lipinski definition) is 4. The number of fused-ring (bicyclic) bond motifs is 1. The van der Waals surface area contributed by atoms with Crippen LogP contribution >= 0.6 is 0 Å². The molecule has 0 aliphatic heterocycles. The van der Waals surface area contributed by atoms with Crippen molar-refractivity contribution in [2.75, 3.05) is 27.9 Å². The maximum Gasteiger partial charge on any atom is 0.255 e. The fraction of sp³-hybridized carbons (Fsp3) is 0.192. The Balaban J connectivity index is 1.75. The number of amides is 1. The fourth-order valence-corrected chi connectivity index (χ4v) is 4.08. The number of rotatable bonds is 8. The first-order valence-electron chi connectivity index (χ1n) is 10.4. The molecule has 4 rings (SSSR count). The van der Waals surface area contributed by atoms with Crippen LogP contribution in [0.15, 0.2) is 72.9 Å². The SMILES string of the molecule is COc1ccccc1C(=O)NCC(c1cccc(OC)c1OC)c1c[nH]c2ccccc12. The summed E-state index contributed by atoms with van der Waals surface area (Å²) in [5, 5.41) is 4.18. The Bertz CT molecular complexity index is 1230. The molecule has 1 amide bonds. The lowest BCUT2D eigenvalue weighted by Gasteiger charge is -2.22. The van der Waals surface area contributed by atoms with Crippen molar-refractivity contribution in [1.82, 2.24) is 10.3 Å². The Morgan fingerprint density at radius 3 is 2.34 bits per heavy atom. The summed E-state index contributed by atoms with van der Waals surface area (Å²) in [5.41, 5.74) is 3.51. The van der Waals surface area contributed by atoms with Crippen molar-refractivity contribution in [3.8, 4) is 17.2 Å². The number of ether oxygens (including phenoxy) is 3. The second-order valence-electron chi connectivity index (χ2n) is 7.34. The first kappa shape index (κ1) is 21.3. The number of carbonyl (C=O) groups is 1. The molecule has 0 aliphatic carbocycles. The summed E-state index contributed by atoms with van der Waals surface area (Å²) in [6, 6.07) is 21.1. The van der Waals surface area contributed by atoms with Gasteiger partial charge in [0.2, 0.25) is 0 Å². The number of carbonyl (C=O) groups excluding carboxylic acids is 1. The third-order valence-corrected chi connectivity index (χ3v) is 5.62. The maximum atomic E-state index is 13.0. The molecule has 0 bridgehead atoms. The monoisotopic (exact) mass is 430 g/mol. The number of nitrogens with one attached hydrogen (secondary N) is 2. The summed E-state index contributed by atoms with van der Waals surface area (Å²) in [7, 11) is 4.80. The summed E-state index contributed by atoms with van der Waals surface area (Å²) in [6.45, 7) is 0.363. The van der Waals surface area contributed by atoms with E-state index in [0.29, 0.717) is 29.4 Å². The molecular formula is C26H26N2O4. The zero-order valence-electron chi connectivity index (χ0n) is 18.3. The Hall–Kier alpha value is -3.93. The van der Waals surface area contributed by atoms with Crippen LogP contribution in [-0.2, 0) is 0 Å². The number of hydrogen-bond donors (Lipinski definition) is 2. The molecular weight excluding hydrogens is 404 g/mol. The van der Waals surface area contributed by atoms with Crippen molar-refractivity contribution < 1.29 is 19.0 Å². The van der Waals surface area contributed by atoms with Crippen molar-refractivity contribution in [2.24, 2.45) is 0 Å². The lowest BCUT2D eigenvalue weighted by Crippen LogP contribution is -2.29. The number of benzene rings is 3. The van der Waals surface area contributed by atoms with Gasteiger partial charge in [-0.25, -0.2) is 0 Å². The summed E-state index contributed by atoms with van der Waals surface area (Å²) in [6.07, 6.45) is 1.99. The molecule has 3 aromatic carbocycles. The third-order valence-electron chi connectivity index (χ3n) is 5.62. The summed E-state index contributed by atoms with van der Waals surface area (Å²) >= 11 is 0. The molecule has 0 saturated heterocycles. The normalized spacial score (nSPS) is 11.7. The van der Waals surface area contributed by atoms with Crippen LogP contribution in [0, 0.1) is 0 Å². The Kier molecular flexibility index (Phi) is 6.31. The second kappa shape index (κ2) is 9.47. The predicted molar refractivity (Wildman–Crippen MR) is 125 cm³/mol. The van der Waals surface area contributed by atoms with Crippen LogP contribution in [0.4, 0.5) is 0 Å². The van der Waals surface area contributed by atoms with Crippen LogP contribution in [0.2, 0.25) is 0 Å². The average Bonchev–Trinajstić information content (AvgIpc) is 3.27. The number of para-hydroxylation sites is 3. The topological polar surface area (TPSA) is 72.6 Å². The molecule has 1 aromatic heterocycles. The van der Waals surface area contributed by atoms with Gasteiger partial charge in [0, 0.05) is 35.1 Å². The first-order chi connectivity index (χ1) is 15.7. The summed E-state index contributed by atoms with van der Waals surface area (Å²) < 4.78 is 16.6. The van der Waals surface area contributed by atoms with Gasteiger partial charge >= 0.3 is 0 Å². The minimum atomic E-state index is -0.200. The highest BCUT2D eigenvalue weighted by Gasteiger charge is 2.25. The van der Waals surface area contributed by atoms with E-state index < -0.39 is 0 Å². The summed E-state index contributed by atoms with van der Waals surface area (Å²) in [4.78, 5) is 16.4. The highest BCUT2D eigenvalue weighted by molar-refractivity contribution is 5.97. The van der Waals surface area contributed by atoms with Gasteiger partial charge in [0.1, 0.15) is 5.75 Å². The van der Waals surface area contributed by atoms with E-state index in [9.17, 15) is 4.79 Å². The van der Waals surface area contributed by atoms with E-state index in [1.54, 1.807) is 33.5 Å². The largest absolute Gasteiger partial charge is 0.496 e. The lowest BCUT2D eigenvalue weighted by atomic mass is 9.89. The van der Waals surface area contributed by atoms with Crippen LogP contribution in [-0.4, -0.2) is 38.8 Å². The van der Waals surface area contributed by atoms with Crippen LogP contribution in [0.5, 0.6) is 17.2 Å². The van der Waals surface area contributed by atoms with E-state index in [2.05, 4.69) is 16.4 Å². The minimum Gasteiger partial charge on any atom is -0.496 e. The third kappa shape index (κ3) is 3.99. The molecule has 0 fully saturated rings. The van der Waals surface area contributed by atoms with E-state index in [0.717, 1.165) is 22.0 Å². The number of aromatic amines is 1. The van der Waals surface area contributed by atoms with Gasteiger partial charge in [-0.1, -0.05) is 42.5 Å². The van der Waals surface area contributed by atoms with Crippen molar-refractivity contribution in [2.45, 2.75) is 5.92 Å². The molecule has 6 nitrogen and oxygen atoms in total. The van der Waals surface area contributed by atoms with Gasteiger partial charge in [-0.15, -0.1) is 0 Å². The second-order valence-corrected chi connectivity index (χ2v) is 7.34. The van der Waals surface area contributed by atoms with Crippen molar-refractivity contribution in [1.29, 1.82) is 0 Å². The van der Waals surface area contributed by atoms with Gasteiger partial charge in [0.15, 0.2) is 11.5 Å². The summed E-state index contributed by atoms with van der Waals surface area (Å²) in [5.74, 6) is 1.46. The van der Waals surface area contributed by atoms with Gasteiger partial charge in [0.05, 0.1) is 26.9 Å². The molecule has 6 heteroatoms. The van der Waals surface area contributed by atoms with E-state index >= 15 is 0 Å². The molecule has 1 unspecified atom stereocenters. The molecule has 4 aromatic rings. The smallest absolute Gasteiger partial charge is 0.255 e. The van der Waals surface area contributed by atoms with Crippen LogP contribution in [0.25, 0.3) is 10.9 Å². The van der Waals surface area contributed by atoms with Crippen molar-refractivity contribution in [3.63, 3.8) is 0 Å². The lowest BCUT2D eigenvalue weighted by molar-refractivity contribution is 0.0949. The van der Waals surface area contributed by atoms with E-state index in [-0.39, 0.29) is 11.8 Å². The van der Waals surface area contributed by atoms with E-state index in [4.69, 9.17) is 14.2 Å². The molecule has 32 heavy (non-hydrogen) atoms. The van der Waals surface area contributed by atoms with Crippen molar-refractivity contribution in [3.05, 3.63) is 89.6 Å². The van der Waals surface area contributed by atoms with Gasteiger partial charge in [-0.05, 0) is 29.8 Å². The van der Waals surface area contributed by atoms with Gasteiger partial charge in [0.25, 0.3) is 5.91 Å². The Morgan fingerprint density at radius 2 is 1.56 bits per heavy atom. The molecule has 0 spiro atoms. The minimum absolute atomic E-state index is 0.171. The number of aromatic nitrogens is 1. The van der Waals surface area contributed by atoms with Crippen LogP contribution in [0.1, 0.15) is 27.4 Å². The van der Waals surface area contributed by atoms with Gasteiger partial charge in [-0.2, -0.15) is 0 Å². The highest BCUT2D eigenvalue weighted by Crippen LogP contribution is 2.40. The molecule has 0 aliphatic rings. The fourth-order valence-electron chi connectivity index (χ4n) is 4.08. The number of H-pyrrole nitrogens is 1. The number of methoxy groups -OCH3 is 3. The Morgan fingerprint density at radius 1 is 0.844 bits per heavy atom. The molecule has 1 heterocycles. The quantitative estimate of drug-likeness (QED) is 0.423. The van der Waals surface area contributed by atoms with Crippen LogP contribution < -0.4 is 19.5 Å². The molecule has 0 radical (unpaired) electrons. The molecule has 164 valence electrons. The first-order valence-corrected chi connectivity index (χ1v) is 10.4. The highest BCUT2D eigenvalue weighted by atomic mass is 16.5. The zero-order chi connectivity index (χ0) is 22.5. The van der Waals surface area contributed by atoms with Gasteiger partial charge in [-0.3, -0.25) is 4.79 Å². The molecule has 1 atom stereocenters. The van der Waals surface area contributed by atoms with Crippen LogP contribution in [0.3, 0.4) is 0 Å². The average molecular weight is 431 g/mol. The van der Waals surface area contributed by atoms with E-state index in [1.165, 1.54) is 0 Å².